The molecule has 2 heterocycles. The molecule has 3 aliphatic rings. The highest BCUT2D eigenvalue weighted by Gasteiger charge is 2.51. The number of morpholine rings is 1. The number of benzene rings is 3. The van der Waals surface area contributed by atoms with Crippen molar-refractivity contribution in [2.75, 3.05) is 19.8 Å². The van der Waals surface area contributed by atoms with E-state index >= 15 is 0 Å². The fraction of sp³-hybridized carbons (Fsp3) is 0.321. The summed E-state index contributed by atoms with van der Waals surface area (Å²) in [7, 11) is 0. The van der Waals surface area contributed by atoms with Crippen molar-refractivity contribution in [2.45, 2.75) is 36.4 Å². The standard InChI is InChI=1S/C28H24F3NO4/c29-16-9-24(30)26(25(31)10-16)28(34)11-17-13-35-14-18(12-28)32(17)27(33)36-15-23-21-7-3-1-5-19(21)20-6-2-4-8-22(20)23/h1-10,17-18,23,34H,11-15H2. The van der Waals surface area contributed by atoms with Gasteiger partial charge < -0.3 is 14.6 Å². The first-order chi connectivity index (χ1) is 17.4. The molecule has 0 saturated carbocycles. The number of carbonyl (C=O) groups is 1. The monoisotopic (exact) mass is 495 g/mol. The molecule has 5 nitrogen and oxygen atoms in total. The molecule has 2 unspecified atom stereocenters. The highest BCUT2D eigenvalue weighted by Crippen LogP contribution is 2.46. The first kappa shape index (κ1) is 23.1. The maximum atomic E-state index is 14.5. The summed E-state index contributed by atoms with van der Waals surface area (Å²) in [6, 6.07) is 15.9. The van der Waals surface area contributed by atoms with E-state index in [1.807, 2.05) is 36.4 Å². The zero-order valence-corrected chi connectivity index (χ0v) is 19.3. The minimum absolute atomic E-state index is 0.0907. The molecule has 6 rings (SSSR count). The van der Waals surface area contributed by atoms with Crippen molar-refractivity contribution >= 4 is 6.09 Å². The van der Waals surface area contributed by atoms with Crippen LogP contribution in [0.1, 0.15) is 35.4 Å². The molecule has 2 aliphatic heterocycles. The second kappa shape index (κ2) is 8.64. The molecule has 2 saturated heterocycles. The van der Waals surface area contributed by atoms with Gasteiger partial charge in [0.2, 0.25) is 0 Å². The molecule has 3 aromatic rings. The van der Waals surface area contributed by atoms with Crippen molar-refractivity contribution in [1.82, 2.24) is 4.90 Å². The summed E-state index contributed by atoms with van der Waals surface area (Å²) >= 11 is 0. The van der Waals surface area contributed by atoms with Crippen molar-refractivity contribution < 1.29 is 32.5 Å². The Hall–Kier alpha value is -3.36. The number of nitrogens with zero attached hydrogens (tertiary/aromatic N) is 1. The van der Waals surface area contributed by atoms with Gasteiger partial charge in [0.25, 0.3) is 0 Å². The average molecular weight is 495 g/mol. The molecular formula is C28H24F3NO4. The summed E-state index contributed by atoms with van der Waals surface area (Å²) in [5.74, 6) is -3.47. The molecule has 1 amide bonds. The molecule has 36 heavy (non-hydrogen) atoms. The van der Waals surface area contributed by atoms with Gasteiger partial charge in [-0.3, -0.25) is 4.90 Å². The quantitative estimate of drug-likeness (QED) is 0.549. The van der Waals surface area contributed by atoms with Gasteiger partial charge in [-0.1, -0.05) is 48.5 Å². The molecule has 0 spiro atoms. The van der Waals surface area contributed by atoms with Crippen LogP contribution in [0.15, 0.2) is 60.7 Å². The molecule has 8 heteroatoms. The Morgan fingerprint density at radius 3 is 2.03 bits per heavy atom. The Kier molecular flexibility index (Phi) is 5.53. The van der Waals surface area contributed by atoms with Gasteiger partial charge in [-0.15, -0.1) is 0 Å². The third kappa shape index (κ3) is 3.67. The number of aliphatic hydroxyl groups is 1. The largest absolute Gasteiger partial charge is 0.448 e. The van der Waals surface area contributed by atoms with E-state index in [1.54, 1.807) is 0 Å². The summed E-state index contributed by atoms with van der Waals surface area (Å²) in [4.78, 5) is 14.8. The van der Waals surface area contributed by atoms with Crippen LogP contribution in [0.25, 0.3) is 11.1 Å². The van der Waals surface area contributed by atoms with Crippen molar-refractivity contribution in [1.29, 1.82) is 0 Å². The van der Waals surface area contributed by atoms with Crippen molar-refractivity contribution in [3.05, 3.63) is 94.8 Å². The average Bonchev–Trinajstić information content (AvgIpc) is 3.15. The van der Waals surface area contributed by atoms with Crippen LogP contribution < -0.4 is 0 Å². The summed E-state index contributed by atoms with van der Waals surface area (Å²) in [6.45, 7) is 0.315. The van der Waals surface area contributed by atoms with Crippen LogP contribution in [0.5, 0.6) is 0 Å². The molecule has 3 aromatic carbocycles. The van der Waals surface area contributed by atoms with E-state index in [-0.39, 0.29) is 38.6 Å². The SMILES string of the molecule is O=C(OCC1c2ccccc2-c2ccccc21)N1C2COCC1CC(O)(c1c(F)cc(F)cc1F)C2. The van der Waals surface area contributed by atoms with Crippen LogP contribution in [-0.4, -0.2) is 48.0 Å². The van der Waals surface area contributed by atoms with Gasteiger partial charge >= 0.3 is 6.09 Å². The van der Waals surface area contributed by atoms with E-state index in [9.17, 15) is 23.1 Å². The lowest BCUT2D eigenvalue weighted by molar-refractivity contribution is -0.138. The zero-order valence-electron chi connectivity index (χ0n) is 19.3. The van der Waals surface area contributed by atoms with Crippen LogP contribution in [0.4, 0.5) is 18.0 Å². The smallest absolute Gasteiger partial charge is 0.410 e. The lowest BCUT2D eigenvalue weighted by Crippen LogP contribution is -2.63. The first-order valence-corrected chi connectivity index (χ1v) is 11.9. The fourth-order valence-corrected chi connectivity index (χ4v) is 6.13. The van der Waals surface area contributed by atoms with E-state index in [0.717, 1.165) is 22.3 Å². The molecule has 2 bridgehead atoms. The summed E-state index contributed by atoms with van der Waals surface area (Å²) in [5, 5.41) is 11.3. The summed E-state index contributed by atoms with van der Waals surface area (Å²) in [5.41, 5.74) is 1.93. The number of fused-ring (bicyclic) bond motifs is 5. The van der Waals surface area contributed by atoms with Crippen LogP contribution in [0.2, 0.25) is 0 Å². The molecule has 2 atom stereocenters. The normalized spacial score (nSPS) is 24.8. The predicted octanol–water partition coefficient (Wildman–Crippen LogP) is 5.10. The second-order valence-electron chi connectivity index (χ2n) is 9.74. The van der Waals surface area contributed by atoms with Gasteiger partial charge in [0.15, 0.2) is 0 Å². The number of carbonyl (C=O) groups excluding carboxylic acids is 1. The van der Waals surface area contributed by atoms with Crippen LogP contribution in [0, 0.1) is 17.5 Å². The van der Waals surface area contributed by atoms with Crippen LogP contribution in [0.3, 0.4) is 0 Å². The summed E-state index contributed by atoms with van der Waals surface area (Å²) < 4.78 is 53.9. The van der Waals surface area contributed by atoms with E-state index < -0.39 is 46.8 Å². The highest BCUT2D eigenvalue weighted by molar-refractivity contribution is 5.79. The molecule has 1 N–H and O–H groups in total. The van der Waals surface area contributed by atoms with Gasteiger partial charge in [0, 0.05) is 30.9 Å². The van der Waals surface area contributed by atoms with Crippen molar-refractivity contribution in [3.8, 4) is 11.1 Å². The van der Waals surface area contributed by atoms with Crippen molar-refractivity contribution in [3.63, 3.8) is 0 Å². The molecular weight excluding hydrogens is 471 g/mol. The Labute approximate surface area is 206 Å². The first-order valence-electron chi connectivity index (χ1n) is 11.9. The third-order valence-electron chi connectivity index (χ3n) is 7.57. The fourth-order valence-electron chi connectivity index (χ4n) is 6.13. The molecule has 1 aliphatic carbocycles. The van der Waals surface area contributed by atoms with E-state index in [2.05, 4.69) is 12.1 Å². The zero-order chi connectivity index (χ0) is 25.0. The summed E-state index contributed by atoms with van der Waals surface area (Å²) in [6.07, 6.45) is -0.877. The van der Waals surface area contributed by atoms with E-state index in [1.165, 1.54) is 4.90 Å². The second-order valence-corrected chi connectivity index (χ2v) is 9.74. The molecule has 186 valence electrons. The Morgan fingerprint density at radius 1 is 0.944 bits per heavy atom. The van der Waals surface area contributed by atoms with Gasteiger partial charge in [0.1, 0.15) is 24.1 Å². The lowest BCUT2D eigenvalue weighted by atomic mass is 9.76. The predicted molar refractivity (Wildman–Crippen MR) is 125 cm³/mol. The minimum atomic E-state index is -1.90. The lowest BCUT2D eigenvalue weighted by Gasteiger charge is -2.51. The Morgan fingerprint density at radius 2 is 1.47 bits per heavy atom. The molecule has 0 radical (unpaired) electrons. The van der Waals surface area contributed by atoms with Crippen LogP contribution in [-0.2, 0) is 15.1 Å². The van der Waals surface area contributed by atoms with Gasteiger partial charge in [-0.25, -0.2) is 18.0 Å². The molecule has 0 aromatic heterocycles. The number of amides is 1. The Bertz CT molecular complexity index is 1260. The Balaban J connectivity index is 1.22. The number of ether oxygens (including phenoxy) is 2. The van der Waals surface area contributed by atoms with Crippen molar-refractivity contribution in [2.24, 2.45) is 0 Å². The number of piperidine rings is 1. The number of rotatable bonds is 3. The highest BCUT2D eigenvalue weighted by atomic mass is 19.1. The van der Waals surface area contributed by atoms with Gasteiger partial charge in [-0.05, 0) is 22.3 Å². The molecule has 2 fully saturated rings. The number of halogens is 3. The van der Waals surface area contributed by atoms with Gasteiger partial charge in [0.05, 0.1) is 36.5 Å². The van der Waals surface area contributed by atoms with Gasteiger partial charge in [-0.2, -0.15) is 0 Å². The topological polar surface area (TPSA) is 59.0 Å². The van der Waals surface area contributed by atoms with E-state index in [0.29, 0.717) is 12.1 Å². The van der Waals surface area contributed by atoms with Crippen LogP contribution >= 0.6 is 0 Å². The maximum absolute atomic E-state index is 14.5. The maximum Gasteiger partial charge on any atom is 0.410 e. The third-order valence-corrected chi connectivity index (χ3v) is 7.57. The van der Waals surface area contributed by atoms with E-state index in [4.69, 9.17) is 9.47 Å². The number of hydrogen-bond acceptors (Lipinski definition) is 4. The number of hydrogen-bond donors (Lipinski definition) is 1. The minimum Gasteiger partial charge on any atom is -0.448 e.